The molecule has 3 rings (SSSR count). The summed E-state index contributed by atoms with van der Waals surface area (Å²) >= 11 is 0. The zero-order valence-electron chi connectivity index (χ0n) is 11.8. The second-order valence-corrected chi connectivity index (χ2v) is 5.83. The summed E-state index contributed by atoms with van der Waals surface area (Å²) in [6.45, 7) is 1.92. The van der Waals surface area contributed by atoms with Gasteiger partial charge in [-0.05, 0) is 44.4 Å². The van der Waals surface area contributed by atoms with E-state index in [0.29, 0.717) is 12.1 Å². The number of nitrogens with zero attached hydrogens (tertiary/aromatic N) is 1. The van der Waals surface area contributed by atoms with Crippen molar-refractivity contribution in [1.82, 2.24) is 10.2 Å². The fraction of sp³-hybridized carbons (Fsp3) is 0.562. The molecule has 1 aromatic rings. The maximum atomic E-state index is 12.5. The second kappa shape index (κ2) is 6.27. The molecule has 1 heterocycles. The molecule has 108 valence electrons. The van der Waals surface area contributed by atoms with Crippen molar-refractivity contribution in [1.29, 1.82) is 0 Å². The first-order valence-electron chi connectivity index (χ1n) is 7.69. The van der Waals surface area contributed by atoms with Gasteiger partial charge in [-0.2, -0.15) is 0 Å². The smallest absolute Gasteiger partial charge is 0.320 e. The Bertz CT molecular complexity index is 438. The lowest BCUT2D eigenvalue weighted by Gasteiger charge is -2.30. The highest BCUT2D eigenvalue weighted by molar-refractivity contribution is 5.89. The minimum absolute atomic E-state index is 0.0473. The van der Waals surface area contributed by atoms with Crippen molar-refractivity contribution >= 4 is 11.7 Å². The maximum absolute atomic E-state index is 12.5. The zero-order valence-corrected chi connectivity index (χ0v) is 11.8. The number of hydrogen-bond donors (Lipinski definition) is 2. The molecule has 1 unspecified atom stereocenters. The molecule has 1 saturated heterocycles. The van der Waals surface area contributed by atoms with Crippen LogP contribution in [0, 0.1) is 0 Å². The van der Waals surface area contributed by atoms with Gasteiger partial charge in [-0.15, -0.1) is 0 Å². The van der Waals surface area contributed by atoms with Gasteiger partial charge in [0.1, 0.15) is 0 Å². The molecule has 1 atom stereocenters. The Morgan fingerprint density at radius 2 is 2.00 bits per heavy atom. The van der Waals surface area contributed by atoms with Crippen LogP contribution in [0.2, 0.25) is 0 Å². The summed E-state index contributed by atoms with van der Waals surface area (Å²) < 4.78 is 0. The molecule has 4 heteroatoms. The van der Waals surface area contributed by atoms with Gasteiger partial charge in [0.25, 0.3) is 0 Å². The summed E-state index contributed by atoms with van der Waals surface area (Å²) in [5.74, 6) is 0. The minimum atomic E-state index is 0.0473. The van der Waals surface area contributed by atoms with Crippen molar-refractivity contribution in [3.63, 3.8) is 0 Å². The lowest BCUT2D eigenvalue weighted by atomic mass is 10.0. The van der Waals surface area contributed by atoms with Gasteiger partial charge in [-0.3, -0.25) is 0 Å². The lowest BCUT2D eigenvalue weighted by Crippen LogP contribution is -2.48. The highest BCUT2D eigenvalue weighted by atomic mass is 16.2. The average molecular weight is 273 g/mol. The minimum Gasteiger partial charge on any atom is -0.320 e. The van der Waals surface area contributed by atoms with Crippen LogP contribution in [-0.4, -0.2) is 36.1 Å². The van der Waals surface area contributed by atoms with Crippen LogP contribution in [0.25, 0.3) is 0 Å². The second-order valence-electron chi connectivity index (χ2n) is 5.83. The number of amides is 2. The number of para-hydroxylation sites is 1. The van der Waals surface area contributed by atoms with Crippen LogP contribution in [0.5, 0.6) is 0 Å². The molecule has 2 amide bonds. The van der Waals surface area contributed by atoms with Gasteiger partial charge in [0.15, 0.2) is 0 Å². The first-order chi connectivity index (χ1) is 9.83. The molecule has 2 N–H and O–H groups in total. The SMILES string of the molecule is O=C(Nc1ccccc1)N(CC1CCCCN1)C1CC1. The van der Waals surface area contributed by atoms with Gasteiger partial charge < -0.3 is 15.5 Å². The van der Waals surface area contributed by atoms with Crippen molar-refractivity contribution in [2.45, 2.75) is 44.2 Å². The standard InChI is InChI=1S/C16H23N3O/c20-16(18-13-6-2-1-3-7-13)19(15-9-10-15)12-14-8-4-5-11-17-14/h1-3,6-7,14-15,17H,4-5,8-12H2,(H,18,20). The van der Waals surface area contributed by atoms with E-state index in [0.717, 1.165) is 31.6 Å². The molecule has 2 fully saturated rings. The van der Waals surface area contributed by atoms with Gasteiger partial charge in [0, 0.05) is 24.3 Å². The molecular formula is C16H23N3O. The van der Waals surface area contributed by atoms with E-state index in [1.165, 1.54) is 19.3 Å². The molecular weight excluding hydrogens is 250 g/mol. The summed E-state index contributed by atoms with van der Waals surface area (Å²) in [6, 6.07) is 10.7. The monoisotopic (exact) mass is 273 g/mol. The van der Waals surface area contributed by atoms with E-state index in [9.17, 15) is 4.79 Å². The lowest BCUT2D eigenvalue weighted by molar-refractivity contribution is 0.196. The molecule has 2 aliphatic rings. The molecule has 0 aromatic heterocycles. The van der Waals surface area contributed by atoms with Crippen LogP contribution < -0.4 is 10.6 Å². The van der Waals surface area contributed by atoms with E-state index in [1.54, 1.807) is 0 Å². The number of anilines is 1. The summed E-state index contributed by atoms with van der Waals surface area (Å²) in [4.78, 5) is 14.5. The predicted octanol–water partition coefficient (Wildman–Crippen LogP) is 2.83. The normalized spacial score (nSPS) is 22.3. The van der Waals surface area contributed by atoms with Crippen molar-refractivity contribution in [3.8, 4) is 0 Å². The quantitative estimate of drug-likeness (QED) is 0.886. The van der Waals surface area contributed by atoms with Crippen LogP contribution in [0.3, 0.4) is 0 Å². The number of hydrogen-bond acceptors (Lipinski definition) is 2. The Balaban J connectivity index is 1.59. The van der Waals surface area contributed by atoms with Gasteiger partial charge in [0.2, 0.25) is 0 Å². The van der Waals surface area contributed by atoms with E-state index in [1.807, 2.05) is 35.2 Å². The van der Waals surface area contributed by atoms with Crippen molar-refractivity contribution < 1.29 is 4.79 Å². The third-order valence-corrected chi connectivity index (χ3v) is 4.10. The molecule has 0 spiro atoms. The Labute approximate surface area is 120 Å². The molecule has 1 saturated carbocycles. The van der Waals surface area contributed by atoms with Crippen molar-refractivity contribution in [2.24, 2.45) is 0 Å². The third-order valence-electron chi connectivity index (χ3n) is 4.10. The summed E-state index contributed by atoms with van der Waals surface area (Å²) in [5, 5.41) is 6.54. The zero-order chi connectivity index (χ0) is 13.8. The van der Waals surface area contributed by atoms with E-state index >= 15 is 0 Å². The first-order valence-corrected chi connectivity index (χ1v) is 7.69. The number of piperidine rings is 1. The van der Waals surface area contributed by atoms with Gasteiger partial charge in [-0.25, -0.2) is 4.79 Å². The Morgan fingerprint density at radius 1 is 1.20 bits per heavy atom. The van der Waals surface area contributed by atoms with Crippen LogP contribution in [0.4, 0.5) is 10.5 Å². The molecule has 0 radical (unpaired) electrons. The Kier molecular flexibility index (Phi) is 4.21. The molecule has 1 aliphatic carbocycles. The van der Waals surface area contributed by atoms with Gasteiger partial charge >= 0.3 is 6.03 Å². The number of carbonyl (C=O) groups excluding carboxylic acids is 1. The molecule has 1 aliphatic heterocycles. The van der Waals surface area contributed by atoms with Crippen molar-refractivity contribution in [2.75, 3.05) is 18.4 Å². The molecule has 20 heavy (non-hydrogen) atoms. The van der Waals surface area contributed by atoms with E-state index < -0.39 is 0 Å². The maximum Gasteiger partial charge on any atom is 0.322 e. The summed E-state index contributed by atoms with van der Waals surface area (Å²) in [7, 11) is 0. The third kappa shape index (κ3) is 3.51. The average Bonchev–Trinajstić information content (AvgIpc) is 3.31. The van der Waals surface area contributed by atoms with E-state index in [4.69, 9.17) is 0 Å². The van der Waals surface area contributed by atoms with E-state index in [2.05, 4.69) is 10.6 Å². The first kappa shape index (κ1) is 13.4. The molecule has 4 nitrogen and oxygen atoms in total. The number of rotatable bonds is 4. The summed E-state index contributed by atoms with van der Waals surface area (Å²) in [5.41, 5.74) is 0.875. The number of benzene rings is 1. The Hall–Kier alpha value is -1.55. The molecule has 0 bridgehead atoms. The number of urea groups is 1. The largest absolute Gasteiger partial charge is 0.322 e. The number of nitrogens with one attached hydrogen (secondary N) is 2. The number of carbonyl (C=O) groups is 1. The highest BCUT2D eigenvalue weighted by Gasteiger charge is 2.34. The fourth-order valence-corrected chi connectivity index (χ4v) is 2.82. The highest BCUT2D eigenvalue weighted by Crippen LogP contribution is 2.28. The Morgan fingerprint density at radius 3 is 2.65 bits per heavy atom. The van der Waals surface area contributed by atoms with Crippen molar-refractivity contribution in [3.05, 3.63) is 30.3 Å². The van der Waals surface area contributed by atoms with E-state index in [-0.39, 0.29) is 6.03 Å². The predicted molar refractivity (Wildman–Crippen MR) is 80.8 cm³/mol. The van der Waals surface area contributed by atoms with Crippen LogP contribution in [0.1, 0.15) is 32.1 Å². The van der Waals surface area contributed by atoms with Gasteiger partial charge in [-0.1, -0.05) is 24.6 Å². The van der Waals surface area contributed by atoms with Gasteiger partial charge in [0.05, 0.1) is 0 Å². The van der Waals surface area contributed by atoms with Crippen LogP contribution in [-0.2, 0) is 0 Å². The molecule has 1 aromatic carbocycles. The topological polar surface area (TPSA) is 44.4 Å². The van der Waals surface area contributed by atoms with Crippen LogP contribution >= 0.6 is 0 Å². The fourth-order valence-electron chi connectivity index (χ4n) is 2.82. The summed E-state index contributed by atoms with van der Waals surface area (Å²) in [6.07, 6.45) is 6.01. The van der Waals surface area contributed by atoms with Crippen LogP contribution in [0.15, 0.2) is 30.3 Å².